The molecule has 0 heterocycles. The van der Waals surface area contributed by atoms with E-state index in [0.29, 0.717) is 17.9 Å². The van der Waals surface area contributed by atoms with Crippen molar-refractivity contribution in [2.45, 2.75) is 19.1 Å². The largest absolute Gasteiger partial charge is 0.484 e. The minimum absolute atomic E-state index is 0. The van der Waals surface area contributed by atoms with Crippen molar-refractivity contribution in [2.75, 3.05) is 18.5 Å². The molecule has 1 atom stereocenters. The van der Waals surface area contributed by atoms with Gasteiger partial charge in [0.15, 0.2) is 6.61 Å². The molecule has 2 aromatic rings. The van der Waals surface area contributed by atoms with Crippen molar-refractivity contribution in [1.82, 2.24) is 5.32 Å². The summed E-state index contributed by atoms with van der Waals surface area (Å²) in [6, 6.07) is 10.2. The Labute approximate surface area is 172 Å². The number of benzene rings is 2. The summed E-state index contributed by atoms with van der Waals surface area (Å²) in [5.74, 6) is -0.563. The fraction of sp³-hybridized carbons (Fsp3) is 0.263. The van der Waals surface area contributed by atoms with E-state index in [4.69, 9.17) is 10.5 Å². The van der Waals surface area contributed by atoms with Gasteiger partial charge in [0.1, 0.15) is 5.75 Å². The Kier molecular flexibility index (Phi) is 8.93. The summed E-state index contributed by atoms with van der Waals surface area (Å²) in [6.45, 7) is 1.69. The summed E-state index contributed by atoms with van der Waals surface area (Å²) in [5.41, 5.74) is 5.01. The number of rotatable bonds is 7. The summed E-state index contributed by atoms with van der Waals surface area (Å²) >= 11 is 0. The number of nitrogens with two attached hydrogens (primary N) is 1. The summed E-state index contributed by atoms with van der Waals surface area (Å²) in [6.07, 6.45) is -4.49. The van der Waals surface area contributed by atoms with E-state index in [1.807, 2.05) is 0 Å². The summed E-state index contributed by atoms with van der Waals surface area (Å²) < 4.78 is 43.3. The van der Waals surface area contributed by atoms with Gasteiger partial charge in [-0.1, -0.05) is 6.07 Å². The van der Waals surface area contributed by atoms with Gasteiger partial charge in [-0.3, -0.25) is 9.59 Å². The smallest absolute Gasteiger partial charge is 0.416 e. The highest BCUT2D eigenvalue weighted by Gasteiger charge is 2.30. The quantitative estimate of drug-likeness (QED) is 0.627. The van der Waals surface area contributed by atoms with E-state index in [-0.39, 0.29) is 30.0 Å². The Bertz CT molecular complexity index is 829. The van der Waals surface area contributed by atoms with Gasteiger partial charge in [0.05, 0.1) is 5.56 Å². The zero-order valence-electron chi connectivity index (χ0n) is 15.5. The maximum Gasteiger partial charge on any atom is 0.416 e. The van der Waals surface area contributed by atoms with Crippen molar-refractivity contribution in [2.24, 2.45) is 5.73 Å². The normalized spacial score (nSPS) is 11.8. The number of ether oxygens (including phenoxy) is 1. The number of amides is 2. The van der Waals surface area contributed by atoms with Gasteiger partial charge in [-0.15, -0.1) is 12.4 Å². The Balaban J connectivity index is 0.00000420. The summed E-state index contributed by atoms with van der Waals surface area (Å²) in [5, 5.41) is 5.05. The average molecular weight is 432 g/mol. The van der Waals surface area contributed by atoms with Crippen LogP contribution in [0.25, 0.3) is 0 Å². The molecule has 2 amide bonds. The minimum Gasteiger partial charge on any atom is -0.484 e. The second-order valence-electron chi connectivity index (χ2n) is 6.05. The molecule has 0 unspecified atom stereocenters. The van der Waals surface area contributed by atoms with Crippen molar-refractivity contribution in [3.05, 3.63) is 59.7 Å². The van der Waals surface area contributed by atoms with Crippen LogP contribution in [0, 0.1) is 0 Å². The highest BCUT2D eigenvalue weighted by molar-refractivity contribution is 5.94. The minimum atomic E-state index is -4.49. The third kappa shape index (κ3) is 7.63. The van der Waals surface area contributed by atoms with Crippen LogP contribution in [0.1, 0.15) is 22.8 Å². The first-order chi connectivity index (χ1) is 13.2. The van der Waals surface area contributed by atoms with Gasteiger partial charge in [0, 0.05) is 23.8 Å². The average Bonchev–Trinajstić information content (AvgIpc) is 2.66. The van der Waals surface area contributed by atoms with Crippen molar-refractivity contribution < 1.29 is 27.5 Å². The van der Waals surface area contributed by atoms with Gasteiger partial charge in [-0.05, 0) is 49.4 Å². The standard InChI is InChI=1S/C19H20F3N3O3.ClH/c1-12(10-23)24-18(27)13-5-7-16(8-6-13)28-11-17(26)25-15-4-2-3-14(9-15)19(20,21)22;/h2-9,12H,10-11,23H2,1H3,(H,24,27)(H,25,26);1H/t12-;/m0./s1. The van der Waals surface area contributed by atoms with Gasteiger partial charge in [-0.25, -0.2) is 0 Å². The molecule has 10 heteroatoms. The number of hydrogen-bond donors (Lipinski definition) is 3. The predicted molar refractivity (Wildman–Crippen MR) is 105 cm³/mol. The number of hydrogen-bond acceptors (Lipinski definition) is 4. The Morgan fingerprint density at radius 3 is 2.38 bits per heavy atom. The number of halogens is 4. The molecule has 0 radical (unpaired) electrons. The van der Waals surface area contributed by atoms with Crippen LogP contribution < -0.4 is 21.1 Å². The maximum atomic E-state index is 12.7. The third-order valence-electron chi connectivity index (χ3n) is 3.69. The topological polar surface area (TPSA) is 93.4 Å². The van der Waals surface area contributed by atoms with Crippen molar-refractivity contribution in [3.63, 3.8) is 0 Å². The zero-order valence-corrected chi connectivity index (χ0v) is 16.3. The molecule has 0 aliphatic heterocycles. The SMILES string of the molecule is C[C@@H](CN)NC(=O)c1ccc(OCC(=O)Nc2cccc(C(F)(F)F)c2)cc1.Cl. The van der Waals surface area contributed by atoms with Gasteiger partial charge < -0.3 is 21.1 Å². The molecule has 29 heavy (non-hydrogen) atoms. The van der Waals surface area contributed by atoms with Crippen LogP contribution in [0.3, 0.4) is 0 Å². The first-order valence-electron chi connectivity index (χ1n) is 8.40. The molecule has 0 fully saturated rings. The highest BCUT2D eigenvalue weighted by atomic mass is 35.5. The lowest BCUT2D eigenvalue weighted by atomic mass is 10.2. The fourth-order valence-corrected chi connectivity index (χ4v) is 2.19. The first-order valence-corrected chi connectivity index (χ1v) is 8.40. The molecule has 2 rings (SSSR count). The van der Waals surface area contributed by atoms with Crippen LogP contribution >= 0.6 is 12.4 Å². The Hall–Kier alpha value is -2.78. The van der Waals surface area contributed by atoms with E-state index < -0.39 is 24.3 Å². The molecule has 0 aliphatic carbocycles. The van der Waals surface area contributed by atoms with Crippen molar-refractivity contribution in [1.29, 1.82) is 0 Å². The maximum absolute atomic E-state index is 12.7. The van der Waals surface area contributed by atoms with Crippen LogP contribution in [0.2, 0.25) is 0 Å². The van der Waals surface area contributed by atoms with E-state index >= 15 is 0 Å². The molecule has 0 spiro atoms. The van der Waals surface area contributed by atoms with Crippen LogP contribution in [0.15, 0.2) is 48.5 Å². The van der Waals surface area contributed by atoms with E-state index in [1.54, 1.807) is 6.92 Å². The molecular weight excluding hydrogens is 411 g/mol. The third-order valence-corrected chi connectivity index (χ3v) is 3.69. The molecule has 158 valence electrons. The zero-order chi connectivity index (χ0) is 20.7. The van der Waals surface area contributed by atoms with Crippen LogP contribution in [-0.2, 0) is 11.0 Å². The van der Waals surface area contributed by atoms with Gasteiger partial charge >= 0.3 is 6.18 Å². The molecule has 0 bridgehead atoms. The second kappa shape index (κ2) is 10.7. The van der Waals surface area contributed by atoms with Gasteiger partial charge in [-0.2, -0.15) is 13.2 Å². The number of carbonyl (C=O) groups is 2. The van der Waals surface area contributed by atoms with Crippen molar-refractivity contribution in [3.8, 4) is 5.75 Å². The molecule has 0 saturated heterocycles. The molecule has 0 aromatic heterocycles. The highest BCUT2D eigenvalue weighted by Crippen LogP contribution is 2.30. The van der Waals surface area contributed by atoms with E-state index in [1.165, 1.54) is 36.4 Å². The number of alkyl halides is 3. The molecule has 0 saturated carbocycles. The number of carbonyl (C=O) groups excluding carboxylic acids is 2. The van der Waals surface area contributed by atoms with E-state index in [0.717, 1.165) is 12.1 Å². The molecule has 2 aromatic carbocycles. The lowest BCUT2D eigenvalue weighted by Gasteiger charge is -2.12. The lowest BCUT2D eigenvalue weighted by molar-refractivity contribution is -0.137. The second-order valence-corrected chi connectivity index (χ2v) is 6.05. The van der Waals surface area contributed by atoms with Gasteiger partial charge in [0.25, 0.3) is 11.8 Å². The molecular formula is C19H21ClF3N3O3. The monoisotopic (exact) mass is 431 g/mol. The molecule has 4 N–H and O–H groups in total. The van der Waals surface area contributed by atoms with E-state index in [9.17, 15) is 22.8 Å². The number of anilines is 1. The van der Waals surface area contributed by atoms with Crippen LogP contribution in [0.4, 0.5) is 18.9 Å². The summed E-state index contributed by atoms with van der Waals surface area (Å²) in [7, 11) is 0. The van der Waals surface area contributed by atoms with Gasteiger partial charge in [0.2, 0.25) is 0 Å². The molecule has 6 nitrogen and oxygen atoms in total. The fourth-order valence-electron chi connectivity index (χ4n) is 2.19. The van der Waals surface area contributed by atoms with Crippen molar-refractivity contribution >= 4 is 29.9 Å². The predicted octanol–water partition coefficient (Wildman–Crippen LogP) is 3.22. The Morgan fingerprint density at radius 2 is 1.79 bits per heavy atom. The molecule has 0 aliphatic rings. The van der Waals surface area contributed by atoms with Crippen LogP contribution in [0.5, 0.6) is 5.75 Å². The van der Waals surface area contributed by atoms with E-state index in [2.05, 4.69) is 10.6 Å². The lowest BCUT2D eigenvalue weighted by Crippen LogP contribution is -2.37. The summed E-state index contributed by atoms with van der Waals surface area (Å²) in [4.78, 5) is 23.8. The first kappa shape index (κ1) is 24.3. The van der Waals surface area contributed by atoms with Crippen LogP contribution in [-0.4, -0.2) is 31.0 Å². The Morgan fingerprint density at radius 1 is 1.14 bits per heavy atom. The number of nitrogens with one attached hydrogen (secondary N) is 2.